The van der Waals surface area contributed by atoms with Crippen LogP contribution in [-0.4, -0.2) is 63.7 Å². The Morgan fingerprint density at radius 3 is 2.55 bits per heavy atom. The second kappa shape index (κ2) is 12.7. The third-order valence-electron chi connectivity index (χ3n) is 9.84. The van der Waals surface area contributed by atoms with E-state index in [0.717, 1.165) is 76.1 Å². The lowest BCUT2D eigenvalue weighted by atomic mass is 9.55. The van der Waals surface area contributed by atoms with Gasteiger partial charge in [-0.15, -0.1) is 0 Å². The molecule has 5 rings (SSSR count). The second-order valence-electron chi connectivity index (χ2n) is 13.5. The third-order valence-corrected chi connectivity index (χ3v) is 9.84. The number of carbonyl (C=O) groups is 1. The average Bonchev–Trinajstić information content (AvgIpc) is 3.75. The summed E-state index contributed by atoms with van der Waals surface area (Å²) in [7, 11) is 0. The van der Waals surface area contributed by atoms with Gasteiger partial charge in [-0.1, -0.05) is 62.7 Å². The number of aromatic hydroxyl groups is 1. The van der Waals surface area contributed by atoms with Gasteiger partial charge in [-0.05, 0) is 99.4 Å². The van der Waals surface area contributed by atoms with Gasteiger partial charge in [0.1, 0.15) is 5.75 Å². The molecule has 3 fully saturated rings. The Kier molecular flexibility index (Phi) is 9.21. The van der Waals surface area contributed by atoms with Crippen LogP contribution in [0.25, 0.3) is 0 Å². The Bertz CT molecular complexity index is 1120. The summed E-state index contributed by atoms with van der Waals surface area (Å²) >= 11 is 0. The van der Waals surface area contributed by atoms with Crippen LogP contribution >= 0.6 is 0 Å². The molecule has 1 heterocycles. The molecule has 2 aliphatic carbocycles. The van der Waals surface area contributed by atoms with Gasteiger partial charge in [0.25, 0.3) is 0 Å². The highest BCUT2D eigenvalue weighted by Gasteiger charge is 2.58. The van der Waals surface area contributed by atoms with Crippen molar-refractivity contribution in [2.45, 2.75) is 102 Å². The average molecular weight is 547 g/mol. The molecule has 1 aliphatic heterocycles. The normalized spacial score (nSPS) is 26.9. The number of carbonyl (C=O) groups excluding carboxylic acids is 1. The van der Waals surface area contributed by atoms with E-state index in [4.69, 9.17) is 0 Å². The Labute approximate surface area is 241 Å². The van der Waals surface area contributed by atoms with E-state index in [9.17, 15) is 15.0 Å². The summed E-state index contributed by atoms with van der Waals surface area (Å²) in [6, 6.07) is 18.3. The molecule has 2 saturated carbocycles. The number of aliphatic hydroxyl groups is 1. The summed E-state index contributed by atoms with van der Waals surface area (Å²) in [6.07, 6.45) is 10.5. The van der Waals surface area contributed by atoms with E-state index in [1.807, 2.05) is 12.1 Å². The van der Waals surface area contributed by atoms with E-state index in [-0.39, 0.29) is 17.7 Å². The van der Waals surface area contributed by atoms with Gasteiger partial charge in [-0.3, -0.25) is 4.79 Å². The van der Waals surface area contributed by atoms with E-state index in [0.29, 0.717) is 25.3 Å². The first-order chi connectivity index (χ1) is 19.3. The fourth-order valence-corrected chi connectivity index (χ4v) is 7.54. The number of amides is 1. The molecule has 2 aromatic rings. The lowest BCUT2D eigenvalue weighted by molar-refractivity contribution is -0.150. The van der Waals surface area contributed by atoms with Crippen LogP contribution in [0.5, 0.6) is 5.75 Å². The lowest BCUT2D eigenvalue weighted by Crippen LogP contribution is -2.67. The number of nitrogens with zero attached hydrogens (tertiary/aromatic N) is 2. The van der Waals surface area contributed by atoms with Crippen molar-refractivity contribution in [1.29, 1.82) is 0 Å². The molecule has 3 atom stereocenters. The van der Waals surface area contributed by atoms with Gasteiger partial charge in [-0.25, -0.2) is 0 Å². The number of fused-ring (bicyclic) bond motifs is 1. The zero-order valence-corrected chi connectivity index (χ0v) is 24.7. The Morgan fingerprint density at radius 1 is 1.02 bits per heavy atom. The summed E-state index contributed by atoms with van der Waals surface area (Å²) in [5.41, 5.74) is 1.09. The van der Waals surface area contributed by atoms with Crippen molar-refractivity contribution < 1.29 is 15.0 Å². The van der Waals surface area contributed by atoms with Crippen molar-refractivity contribution in [3.8, 4) is 5.75 Å². The predicted molar refractivity (Wildman–Crippen MR) is 161 cm³/mol. The molecule has 40 heavy (non-hydrogen) atoms. The number of phenolic OH excluding ortho intramolecular Hbond substituents is 1. The maximum atomic E-state index is 13.7. The molecule has 1 amide bonds. The fraction of sp³-hybridized carbons (Fsp3) is 0.629. The summed E-state index contributed by atoms with van der Waals surface area (Å²) in [5, 5.41) is 22.8. The molecular formula is C35H50N2O3. The molecule has 2 N–H and O–H groups in total. The first-order valence-electron chi connectivity index (χ1n) is 15.9. The highest BCUT2D eigenvalue weighted by molar-refractivity contribution is 5.76. The Balaban J connectivity index is 1.29. The lowest BCUT2D eigenvalue weighted by Gasteiger charge is -2.59. The number of aryl methyl sites for hydroxylation is 1. The number of rotatable bonds is 12. The quantitative estimate of drug-likeness (QED) is 0.306. The molecular weight excluding hydrogens is 496 g/mol. The van der Waals surface area contributed by atoms with E-state index in [2.05, 4.69) is 60.0 Å². The Morgan fingerprint density at radius 2 is 1.82 bits per heavy atom. The van der Waals surface area contributed by atoms with Gasteiger partial charge in [0, 0.05) is 37.5 Å². The minimum absolute atomic E-state index is 0.108. The van der Waals surface area contributed by atoms with E-state index >= 15 is 0 Å². The summed E-state index contributed by atoms with van der Waals surface area (Å²) in [6.45, 7) is 7.88. The maximum Gasteiger partial charge on any atom is 0.222 e. The molecule has 218 valence electrons. The number of hydrogen-bond acceptors (Lipinski definition) is 4. The highest BCUT2D eigenvalue weighted by Crippen LogP contribution is 2.53. The second-order valence-corrected chi connectivity index (χ2v) is 13.5. The van der Waals surface area contributed by atoms with Gasteiger partial charge in [-0.2, -0.15) is 0 Å². The van der Waals surface area contributed by atoms with Gasteiger partial charge < -0.3 is 20.0 Å². The van der Waals surface area contributed by atoms with Crippen molar-refractivity contribution in [2.75, 3.05) is 26.2 Å². The minimum Gasteiger partial charge on any atom is -0.508 e. The third kappa shape index (κ3) is 6.74. The molecule has 0 aromatic heterocycles. The molecule has 0 spiro atoms. The molecule has 0 bridgehead atoms. The maximum absolute atomic E-state index is 13.7. The molecule has 5 nitrogen and oxygen atoms in total. The van der Waals surface area contributed by atoms with Gasteiger partial charge in [0.2, 0.25) is 5.91 Å². The topological polar surface area (TPSA) is 64.0 Å². The van der Waals surface area contributed by atoms with Gasteiger partial charge >= 0.3 is 0 Å². The zero-order valence-electron chi connectivity index (χ0n) is 24.7. The smallest absolute Gasteiger partial charge is 0.222 e. The van der Waals surface area contributed by atoms with Crippen molar-refractivity contribution in [3.63, 3.8) is 0 Å². The van der Waals surface area contributed by atoms with Crippen LogP contribution in [0.1, 0.15) is 89.2 Å². The van der Waals surface area contributed by atoms with E-state index in [1.165, 1.54) is 18.4 Å². The Hall–Kier alpha value is -2.37. The summed E-state index contributed by atoms with van der Waals surface area (Å²) in [5.74, 6) is 1.70. The van der Waals surface area contributed by atoms with Crippen molar-refractivity contribution >= 4 is 5.91 Å². The predicted octanol–water partition coefficient (Wildman–Crippen LogP) is 6.32. The molecule has 3 aliphatic rings. The van der Waals surface area contributed by atoms with Crippen molar-refractivity contribution in [1.82, 2.24) is 9.80 Å². The first kappa shape index (κ1) is 29.1. The number of unbranched alkanes of at least 4 members (excludes halogenated alkanes) is 2. The van der Waals surface area contributed by atoms with Gasteiger partial charge in [0.15, 0.2) is 0 Å². The van der Waals surface area contributed by atoms with Crippen LogP contribution in [0.4, 0.5) is 0 Å². The van der Waals surface area contributed by atoms with E-state index in [1.54, 1.807) is 6.07 Å². The highest BCUT2D eigenvalue weighted by atomic mass is 16.3. The number of phenols is 1. The van der Waals surface area contributed by atoms with Crippen LogP contribution in [0.15, 0.2) is 54.6 Å². The van der Waals surface area contributed by atoms with Crippen LogP contribution in [0.3, 0.4) is 0 Å². The summed E-state index contributed by atoms with van der Waals surface area (Å²) in [4.78, 5) is 18.4. The number of β-amino-alcohol motifs (C(OH)–C–C–N with tert-alkyl or cyclic N) is 1. The van der Waals surface area contributed by atoms with Crippen molar-refractivity contribution in [2.24, 2.45) is 11.8 Å². The number of benzene rings is 2. The van der Waals surface area contributed by atoms with Crippen LogP contribution in [0, 0.1) is 11.8 Å². The fourth-order valence-electron chi connectivity index (χ4n) is 7.54. The molecule has 0 unspecified atom stereocenters. The molecule has 5 heteroatoms. The molecule has 2 aromatic carbocycles. The van der Waals surface area contributed by atoms with E-state index < -0.39 is 11.0 Å². The van der Waals surface area contributed by atoms with Crippen LogP contribution < -0.4 is 0 Å². The molecule has 0 radical (unpaired) electrons. The number of piperidine rings is 1. The van der Waals surface area contributed by atoms with Crippen molar-refractivity contribution in [3.05, 3.63) is 65.7 Å². The van der Waals surface area contributed by atoms with Crippen LogP contribution in [-0.2, 0) is 16.6 Å². The SMILES string of the molecule is CC(C)CN(C(=O)CCCCCc1ccccc1)[C@@H]1CC[C@]2(O)CN(CC3CC3)CC[C@@]2(c2cccc(O)c2)C1. The number of likely N-dealkylation sites (tertiary alicyclic amines) is 1. The largest absolute Gasteiger partial charge is 0.508 e. The number of hydrogen-bond donors (Lipinski definition) is 2. The van der Waals surface area contributed by atoms with Gasteiger partial charge in [0.05, 0.1) is 5.60 Å². The monoisotopic (exact) mass is 546 g/mol. The zero-order chi connectivity index (χ0) is 28.2. The first-order valence-corrected chi connectivity index (χ1v) is 15.9. The standard InChI is InChI=1S/C35H50N2O3/c1-27(2)24-37(33(39)15-8-4-7-12-28-10-5-3-6-11-28)31-18-19-35(40)26-36(25-29-16-17-29)21-20-34(35,23-31)30-13-9-14-32(38)22-30/h3,5-6,9-11,13-14,22,27,29,31,38,40H,4,7-8,12,15-21,23-26H2,1-2H3/t31-,34+,35+/m1/s1. The molecule has 1 saturated heterocycles. The minimum atomic E-state index is -0.853. The van der Waals surface area contributed by atoms with Crippen LogP contribution in [0.2, 0.25) is 0 Å². The summed E-state index contributed by atoms with van der Waals surface area (Å²) < 4.78 is 0.